The summed E-state index contributed by atoms with van der Waals surface area (Å²) in [5.41, 5.74) is 8.85. The van der Waals surface area contributed by atoms with Gasteiger partial charge in [-0.2, -0.15) is 0 Å². The lowest BCUT2D eigenvalue weighted by Gasteiger charge is -2.29. The monoisotopic (exact) mass is 241 g/mol. The molecule has 0 radical (unpaired) electrons. The van der Waals surface area contributed by atoms with Gasteiger partial charge in [0.15, 0.2) is 0 Å². The van der Waals surface area contributed by atoms with Crippen LogP contribution in [0.3, 0.4) is 0 Å². The van der Waals surface area contributed by atoms with E-state index in [1.54, 1.807) is 6.20 Å². The van der Waals surface area contributed by atoms with Crippen molar-refractivity contribution >= 4 is 11.4 Å². The number of aromatic nitrogens is 1. The second-order valence-electron chi connectivity index (χ2n) is 4.68. The molecule has 1 heterocycles. The minimum Gasteiger partial charge on any atom is -0.397 e. The number of nitrogens with zero attached hydrogens (tertiary/aromatic N) is 2. The van der Waals surface area contributed by atoms with Crippen molar-refractivity contribution in [2.45, 2.75) is 26.4 Å². The van der Waals surface area contributed by atoms with Gasteiger partial charge in [0.2, 0.25) is 0 Å². The molecule has 0 saturated carbocycles. The van der Waals surface area contributed by atoms with Crippen molar-refractivity contribution in [1.82, 2.24) is 4.98 Å². The van der Waals surface area contributed by atoms with Crippen molar-refractivity contribution in [2.75, 3.05) is 10.6 Å². The molecule has 0 aliphatic carbocycles. The average Bonchev–Trinajstić information content (AvgIpc) is 2.37. The van der Waals surface area contributed by atoms with Crippen molar-refractivity contribution < 1.29 is 0 Å². The SMILES string of the molecule is CC(C)N(Cc1ccccc1)c1cncc(N)c1. The number of rotatable bonds is 4. The summed E-state index contributed by atoms with van der Waals surface area (Å²) in [5, 5.41) is 0. The van der Waals surface area contributed by atoms with Crippen molar-refractivity contribution in [2.24, 2.45) is 0 Å². The van der Waals surface area contributed by atoms with E-state index in [4.69, 9.17) is 5.73 Å². The van der Waals surface area contributed by atoms with Crippen LogP contribution in [0, 0.1) is 0 Å². The second kappa shape index (κ2) is 5.54. The molecular weight excluding hydrogens is 222 g/mol. The molecule has 2 rings (SSSR count). The van der Waals surface area contributed by atoms with Gasteiger partial charge in [-0.15, -0.1) is 0 Å². The fourth-order valence-electron chi connectivity index (χ4n) is 1.95. The molecule has 3 heteroatoms. The molecule has 94 valence electrons. The molecule has 0 saturated heterocycles. The van der Waals surface area contributed by atoms with Crippen molar-refractivity contribution in [1.29, 1.82) is 0 Å². The molecule has 3 nitrogen and oxygen atoms in total. The Labute approximate surface area is 108 Å². The van der Waals surface area contributed by atoms with E-state index >= 15 is 0 Å². The van der Waals surface area contributed by atoms with Crippen LogP contribution in [0.25, 0.3) is 0 Å². The van der Waals surface area contributed by atoms with Gasteiger partial charge in [-0.05, 0) is 25.5 Å². The Morgan fingerprint density at radius 2 is 1.89 bits per heavy atom. The summed E-state index contributed by atoms with van der Waals surface area (Å²) in [6.07, 6.45) is 3.53. The summed E-state index contributed by atoms with van der Waals surface area (Å²) < 4.78 is 0. The highest BCUT2D eigenvalue weighted by Crippen LogP contribution is 2.20. The zero-order valence-corrected chi connectivity index (χ0v) is 10.9. The first kappa shape index (κ1) is 12.4. The van der Waals surface area contributed by atoms with Gasteiger partial charge >= 0.3 is 0 Å². The number of hydrogen-bond acceptors (Lipinski definition) is 3. The molecule has 0 bridgehead atoms. The van der Waals surface area contributed by atoms with Gasteiger partial charge in [-0.3, -0.25) is 4.98 Å². The van der Waals surface area contributed by atoms with Crippen molar-refractivity contribution in [3.8, 4) is 0 Å². The first-order valence-corrected chi connectivity index (χ1v) is 6.18. The van der Waals surface area contributed by atoms with Crippen LogP contribution in [0.1, 0.15) is 19.4 Å². The van der Waals surface area contributed by atoms with Crippen LogP contribution in [0.2, 0.25) is 0 Å². The van der Waals surface area contributed by atoms with Crippen LogP contribution < -0.4 is 10.6 Å². The summed E-state index contributed by atoms with van der Waals surface area (Å²) in [5.74, 6) is 0. The minimum absolute atomic E-state index is 0.397. The molecule has 2 aromatic rings. The maximum Gasteiger partial charge on any atom is 0.0578 e. The number of pyridine rings is 1. The third-order valence-corrected chi connectivity index (χ3v) is 2.90. The zero-order chi connectivity index (χ0) is 13.0. The number of nitrogens with two attached hydrogens (primary N) is 1. The van der Waals surface area contributed by atoms with Crippen LogP contribution in [-0.4, -0.2) is 11.0 Å². The molecule has 0 aliphatic heterocycles. The van der Waals surface area contributed by atoms with E-state index in [0.29, 0.717) is 11.7 Å². The van der Waals surface area contributed by atoms with E-state index in [2.05, 4.69) is 48.0 Å². The lowest BCUT2D eigenvalue weighted by atomic mass is 10.1. The fraction of sp³-hybridized carbons (Fsp3) is 0.267. The van der Waals surface area contributed by atoms with Gasteiger partial charge in [0.25, 0.3) is 0 Å². The number of anilines is 2. The van der Waals surface area contributed by atoms with Crippen LogP contribution in [0.4, 0.5) is 11.4 Å². The molecule has 2 N–H and O–H groups in total. The predicted octanol–water partition coefficient (Wildman–Crippen LogP) is 3.08. The van der Waals surface area contributed by atoms with Crippen molar-refractivity contribution in [3.63, 3.8) is 0 Å². The summed E-state index contributed by atoms with van der Waals surface area (Å²) in [6.45, 7) is 5.21. The highest BCUT2D eigenvalue weighted by atomic mass is 15.2. The predicted molar refractivity (Wildman–Crippen MR) is 76.4 cm³/mol. The van der Waals surface area contributed by atoms with Gasteiger partial charge in [-0.25, -0.2) is 0 Å². The van der Waals surface area contributed by atoms with Gasteiger partial charge < -0.3 is 10.6 Å². The van der Waals surface area contributed by atoms with Gasteiger partial charge in [0.05, 0.1) is 17.6 Å². The third kappa shape index (κ3) is 3.00. The quantitative estimate of drug-likeness (QED) is 0.894. The topological polar surface area (TPSA) is 42.2 Å². The molecule has 0 amide bonds. The van der Waals surface area contributed by atoms with Gasteiger partial charge in [-0.1, -0.05) is 30.3 Å². The zero-order valence-electron chi connectivity index (χ0n) is 10.9. The standard InChI is InChI=1S/C15H19N3/c1-12(2)18(11-13-6-4-3-5-7-13)15-8-14(16)9-17-10-15/h3-10,12H,11,16H2,1-2H3. The third-order valence-electron chi connectivity index (χ3n) is 2.90. The normalized spacial score (nSPS) is 10.6. The Morgan fingerprint density at radius 1 is 1.17 bits per heavy atom. The Bertz CT molecular complexity index is 494. The fourth-order valence-corrected chi connectivity index (χ4v) is 1.95. The van der Waals surface area contributed by atoms with E-state index < -0.39 is 0 Å². The average molecular weight is 241 g/mol. The minimum atomic E-state index is 0.397. The maximum absolute atomic E-state index is 5.80. The highest BCUT2D eigenvalue weighted by molar-refractivity contribution is 5.54. The molecule has 18 heavy (non-hydrogen) atoms. The summed E-state index contributed by atoms with van der Waals surface area (Å²) in [4.78, 5) is 6.45. The first-order valence-electron chi connectivity index (χ1n) is 6.18. The maximum atomic E-state index is 5.80. The van der Waals surface area contributed by atoms with Crippen LogP contribution in [-0.2, 0) is 6.54 Å². The largest absolute Gasteiger partial charge is 0.397 e. The van der Waals surface area contributed by atoms with Gasteiger partial charge in [0, 0.05) is 18.8 Å². The Hall–Kier alpha value is -2.03. The molecule has 0 atom stereocenters. The van der Waals surface area contributed by atoms with E-state index in [1.807, 2.05) is 18.3 Å². The first-order chi connectivity index (χ1) is 8.66. The van der Waals surface area contributed by atoms with E-state index in [9.17, 15) is 0 Å². The number of nitrogen functional groups attached to an aromatic ring is 1. The van der Waals surface area contributed by atoms with E-state index in [1.165, 1.54) is 5.56 Å². The number of benzene rings is 1. The Morgan fingerprint density at radius 3 is 2.50 bits per heavy atom. The van der Waals surface area contributed by atoms with E-state index in [0.717, 1.165) is 12.2 Å². The lowest BCUT2D eigenvalue weighted by molar-refractivity contribution is 0.681. The van der Waals surface area contributed by atoms with Crippen LogP contribution >= 0.6 is 0 Å². The second-order valence-corrected chi connectivity index (χ2v) is 4.68. The van der Waals surface area contributed by atoms with Gasteiger partial charge in [0.1, 0.15) is 0 Å². The smallest absolute Gasteiger partial charge is 0.0578 e. The molecule has 0 unspecified atom stereocenters. The molecule has 0 fully saturated rings. The summed E-state index contributed by atoms with van der Waals surface area (Å²) >= 11 is 0. The molecule has 1 aromatic heterocycles. The molecular formula is C15H19N3. The molecule has 0 aliphatic rings. The Kier molecular flexibility index (Phi) is 3.82. The van der Waals surface area contributed by atoms with Crippen molar-refractivity contribution in [3.05, 3.63) is 54.4 Å². The highest BCUT2D eigenvalue weighted by Gasteiger charge is 2.11. The van der Waals surface area contributed by atoms with Crippen LogP contribution in [0.15, 0.2) is 48.8 Å². The lowest BCUT2D eigenvalue weighted by Crippen LogP contribution is -2.30. The number of hydrogen-bond donors (Lipinski definition) is 1. The Balaban J connectivity index is 2.24. The van der Waals surface area contributed by atoms with Crippen LogP contribution in [0.5, 0.6) is 0 Å². The van der Waals surface area contributed by atoms with E-state index in [-0.39, 0.29) is 0 Å². The molecule has 1 aromatic carbocycles. The summed E-state index contributed by atoms with van der Waals surface area (Å²) in [6, 6.07) is 12.8. The molecule has 0 spiro atoms. The summed E-state index contributed by atoms with van der Waals surface area (Å²) in [7, 11) is 0.